The molecule has 0 spiro atoms. The van der Waals surface area contributed by atoms with Crippen LogP contribution in [0.15, 0.2) is 24.3 Å². The molecule has 0 aliphatic carbocycles. The minimum atomic E-state index is 0.313. The van der Waals surface area contributed by atoms with E-state index in [4.69, 9.17) is 11.0 Å². The van der Waals surface area contributed by atoms with E-state index in [0.717, 1.165) is 11.5 Å². The molecule has 2 N–H and O–H groups in total. The van der Waals surface area contributed by atoms with Gasteiger partial charge in [-0.2, -0.15) is 9.64 Å². The first-order chi connectivity index (χ1) is 8.61. The van der Waals surface area contributed by atoms with Gasteiger partial charge in [-0.1, -0.05) is 29.8 Å². The average Bonchev–Trinajstić information content (AvgIpc) is 2.73. The third-order valence-corrected chi connectivity index (χ3v) is 3.68. The van der Waals surface area contributed by atoms with E-state index in [-0.39, 0.29) is 0 Å². The number of benzene rings is 1. The van der Waals surface area contributed by atoms with Gasteiger partial charge in [-0.05, 0) is 24.0 Å². The van der Waals surface area contributed by atoms with E-state index in [9.17, 15) is 0 Å². The van der Waals surface area contributed by atoms with Crippen LogP contribution in [0.4, 0.5) is 10.8 Å². The summed E-state index contributed by atoms with van der Waals surface area (Å²) in [5.41, 5.74) is 8.55. The minimum Gasteiger partial charge on any atom is -0.382 e. The molecule has 0 aliphatic rings. The highest BCUT2D eigenvalue weighted by Crippen LogP contribution is 2.29. The van der Waals surface area contributed by atoms with Crippen LogP contribution in [0.2, 0.25) is 0 Å². The maximum absolute atomic E-state index is 9.05. The molecular weight excluding hydrogens is 244 g/mol. The fourth-order valence-electron chi connectivity index (χ4n) is 1.70. The Kier molecular flexibility index (Phi) is 3.49. The van der Waals surface area contributed by atoms with Crippen LogP contribution in [0.1, 0.15) is 16.7 Å². The Balaban J connectivity index is 2.19. The zero-order chi connectivity index (χ0) is 13.1. The summed E-state index contributed by atoms with van der Waals surface area (Å²) in [5.74, 6) is 0.313. The largest absolute Gasteiger partial charge is 0.382 e. The number of nitrogens with zero attached hydrogens (tertiary/aromatic N) is 3. The van der Waals surface area contributed by atoms with Crippen molar-refractivity contribution in [3.05, 3.63) is 41.0 Å². The number of nitriles is 1. The Labute approximate surface area is 110 Å². The summed E-state index contributed by atoms with van der Waals surface area (Å²) in [6.07, 6.45) is 0. The van der Waals surface area contributed by atoms with Crippen LogP contribution < -0.4 is 10.6 Å². The van der Waals surface area contributed by atoms with Gasteiger partial charge < -0.3 is 10.6 Å². The van der Waals surface area contributed by atoms with Crippen molar-refractivity contribution < 1.29 is 0 Å². The molecule has 0 aliphatic heterocycles. The molecule has 0 amide bonds. The van der Waals surface area contributed by atoms with Crippen molar-refractivity contribution in [2.24, 2.45) is 0 Å². The lowest BCUT2D eigenvalue weighted by atomic mass is 10.1. The third-order valence-electron chi connectivity index (χ3n) is 2.70. The van der Waals surface area contributed by atoms with Crippen molar-refractivity contribution in [1.29, 1.82) is 5.26 Å². The summed E-state index contributed by atoms with van der Waals surface area (Å²) in [6.45, 7) is 2.79. The van der Waals surface area contributed by atoms with Crippen LogP contribution in [0.25, 0.3) is 0 Å². The van der Waals surface area contributed by atoms with Crippen molar-refractivity contribution >= 4 is 22.4 Å². The highest BCUT2D eigenvalue weighted by atomic mass is 32.1. The Morgan fingerprint density at radius 1 is 1.39 bits per heavy atom. The molecular formula is C13H14N4S. The predicted octanol–water partition coefficient (Wildman–Crippen LogP) is 2.54. The zero-order valence-corrected chi connectivity index (χ0v) is 11.2. The van der Waals surface area contributed by atoms with Crippen LogP contribution in [0.5, 0.6) is 0 Å². The molecule has 0 saturated carbocycles. The molecule has 0 saturated heterocycles. The number of anilines is 2. The van der Waals surface area contributed by atoms with Crippen LogP contribution in [-0.2, 0) is 6.54 Å². The van der Waals surface area contributed by atoms with Gasteiger partial charge in [0.2, 0.25) is 0 Å². The number of nitrogen functional groups attached to an aromatic ring is 1. The predicted molar refractivity (Wildman–Crippen MR) is 74.5 cm³/mol. The number of aromatic nitrogens is 1. The van der Waals surface area contributed by atoms with Crippen molar-refractivity contribution in [3.63, 3.8) is 0 Å². The van der Waals surface area contributed by atoms with Gasteiger partial charge in [-0.25, -0.2) is 0 Å². The molecule has 0 atom stereocenters. The third kappa shape index (κ3) is 2.44. The lowest BCUT2D eigenvalue weighted by Crippen LogP contribution is -2.16. The van der Waals surface area contributed by atoms with Gasteiger partial charge in [0.05, 0.1) is 0 Å². The van der Waals surface area contributed by atoms with Crippen molar-refractivity contribution in [1.82, 2.24) is 4.37 Å². The summed E-state index contributed by atoms with van der Waals surface area (Å²) in [5, 5.41) is 9.86. The van der Waals surface area contributed by atoms with E-state index in [1.54, 1.807) is 0 Å². The average molecular weight is 258 g/mol. The summed E-state index contributed by atoms with van der Waals surface area (Å²) in [4.78, 5) is 2.00. The molecule has 2 aromatic rings. The number of hydrogen-bond acceptors (Lipinski definition) is 5. The summed E-state index contributed by atoms with van der Waals surface area (Å²) < 4.78 is 4.02. The molecule has 1 aromatic carbocycles. The molecule has 1 heterocycles. The molecule has 92 valence electrons. The molecule has 5 heteroatoms. The van der Waals surface area contributed by atoms with Crippen molar-refractivity contribution in [2.45, 2.75) is 13.5 Å². The van der Waals surface area contributed by atoms with Gasteiger partial charge >= 0.3 is 0 Å². The van der Waals surface area contributed by atoms with E-state index < -0.39 is 0 Å². The standard InChI is InChI=1S/C13H14N4S/c1-9-3-5-10(6-4-9)8-17(2)13-11(7-14)12(15)16-18-13/h3-6H,8H2,1-2H3,(H2,15,16). The first kappa shape index (κ1) is 12.4. The van der Waals surface area contributed by atoms with Crippen molar-refractivity contribution in [3.8, 4) is 6.07 Å². The van der Waals surface area contributed by atoms with E-state index in [1.807, 2.05) is 11.9 Å². The second kappa shape index (κ2) is 5.07. The SMILES string of the molecule is Cc1ccc(CN(C)c2snc(N)c2C#N)cc1. The molecule has 0 fully saturated rings. The van der Waals surface area contributed by atoms with Crippen LogP contribution in [0, 0.1) is 18.3 Å². The highest BCUT2D eigenvalue weighted by Gasteiger charge is 2.14. The number of aryl methyl sites for hydroxylation is 1. The number of nitrogens with two attached hydrogens (primary N) is 1. The van der Waals surface area contributed by atoms with E-state index >= 15 is 0 Å². The highest BCUT2D eigenvalue weighted by molar-refractivity contribution is 7.10. The number of rotatable bonds is 3. The second-order valence-corrected chi connectivity index (χ2v) is 4.95. The normalized spacial score (nSPS) is 10.1. The zero-order valence-electron chi connectivity index (χ0n) is 10.3. The fourth-order valence-corrected chi connectivity index (χ4v) is 2.42. The lowest BCUT2D eigenvalue weighted by molar-refractivity contribution is 0.932. The molecule has 0 unspecified atom stereocenters. The first-order valence-electron chi connectivity index (χ1n) is 5.53. The Hall–Kier alpha value is -2.06. The van der Waals surface area contributed by atoms with Crippen LogP contribution >= 0.6 is 11.5 Å². The van der Waals surface area contributed by atoms with Gasteiger partial charge in [0.1, 0.15) is 16.6 Å². The molecule has 4 nitrogen and oxygen atoms in total. The summed E-state index contributed by atoms with van der Waals surface area (Å²) in [7, 11) is 1.94. The molecule has 1 aromatic heterocycles. The van der Waals surface area contributed by atoms with E-state index in [2.05, 4.69) is 41.6 Å². The Morgan fingerprint density at radius 3 is 2.67 bits per heavy atom. The summed E-state index contributed by atoms with van der Waals surface area (Å²) in [6, 6.07) is 10.4. The fraction of sp³-hybridized carbons (Fsp3) is 0.231. The summed E-state index contributed by atoms with van der Waals surface area (Å²) >= 11 is 1.26. The maximum Gasteiger partial charge on any atom is 0.157 e. The first-order valence-corrected chi connectivity index (χ1v) is 6.31. The van der Waals surface area contributed by atoms with Gasteiger partial charge in [-0.15, -0.1) is 0 Å². The monoisotopic (exact) mass is 258 g/mol. The number of hydrogen-bond donors (Lipinski definition) is 1. The molecule has 0 radical (unpaired) electrons. The van der Waals surface area contributed by atoms with E-state index in [1.165, 1.54) is 22.7 Å². The van der Waals surface area contributed by atoms with Crippen LogP contribution in [0.3, 0.4) is 0 Å². The smallest absolute Gasteiger partial charge is 0.157 e. The van der Waals surface area contributed by atoms with Crippen LogP contribution in [-0.4, -0.2) is 11.4 Å². The van der Waals surface area contributed by atoms with E-state index in [0.29, 0.717) is 11.4 Å². The Bertz CT molecular complexity index is 580. The van der Waals surface area contributed by atoms with Gasteiger partial charge in [0.25, 0.3) is 0 Å². The quantitative estimate of drug-likeness (QED) is 0.918. The second-order valence-electron chi connectivity index (χ2n) is 4.20. The minimum absolute atomic E-state index is 0.313. The van der Waals surface area contributed by atoms with Gasteiger partial charge in [0.15, 0.2) is 5.82 Å². The molecule has 18 heavy (non-hydrogen) atoms. The molecule has 2 rings (SSSR count). The molecule has 0 bridgehead atoms. The topological polar surface area (TPSA) is 65.9 Å². The van der Waals surface area contributed by atoms with Gasteiger partial charge in [-0.3, -0.25) is 0 Å². The van der Waals surface area contributed by atoms with Gasteiger partial charge in [0, 0.05) is 13.6 Å². The Morgan fingerprint density at radius 2 is 2.06 bits per heavy atom. The maximum atomic E-state index is 9.05. The van der Waals surface area contributed by atoms with Crippen molar-refractivity contribution in [2.75, 3.05) is 17.7 Å². The lowest BCUT2D eigenvalue weighted by Gasteiger charge is -2.17.